The van der Waals surface area contributed by atoms with E-state index in [1.54, 1.807) is 7.11 Å². The lowest BCUT2D eigenvalue weighted by atomic mass is 9.84. The van der Waals surface area contributed by atoms with E-state index in [9.17, 15) is 4.79 Å². The van der Waals surface area contributed by atoms with Gasteiger partial charge in [-0.2, -0.15) is 0 Å². The van der Waals surface area contributed by atoms with Crippen LogP contribution >= 0.6 is 0 Å². The molecular weight excluding hydrogens is 208 g/mol. The summed E-state index contributed by atoms with van der Waals surface area (Å²) in [5.41, 5.74) is 0. The second-order valence-electron chi connectivity index (χ2n) is 4.40. The van der Waals surface area contributed by atoms with Crippen molar-refractivity contribution in [1.29, 1.82) is 0 Å². The lowest BCUT2D eigenvalue weighted by Crippen LogP contribution is -2.29. The van der Waals surface area contributed by atoms with Gasteiger partial charge in [0.05, 0.1) is 6.10 Å². The molecule has 1 rings (SSSR count). The summed E-state index contributed by atoms with van der Waals surface area (Å²) in [5.74, 6) is -0.366. The minimum Gasteiger partial charge on any atom is -0.479 e. The van der Waals surface area contributed by atoms with Crippen LogP contribution in [0.3, 0.4) is 0 Å². The second kappa shape index (κ2) is 6.86. The van der Waals surface area contributed by atoms with E-state index in [1.807, 2.05) is 6.92 Å². The van der Waals surface area contributed by atoms with Crippen LogP contribution in [0.4, 0.5) is 0 Å². The molecular formula is C12H22O4. The van der Waals surface area contributed by atoms with E-state index in [4.69, 9.17) is 14.6 Å². The number of carboxylic acids is 1. The number of hydrogen-bond donors (Lipinski definition) is 1. The molecule has 0 radical (unpaired) electrons. The Bertz CT molecular complexity index is 209. The van der Waals surface area contributed by atoms with E-state index in [0.29, 0.717) is 25.0 Å². The first-order valence-electron chi connectivity index (χ1n) is 6.04. The first-order chi connectivity index (χ1) is 7.67. The molecule has 0 spiro atoms. The zero-order valence-electron chi connectivity index (χ0n) is 10.1. The van der Waals surface area contributed by atoms with Crippen molar-refractivity contribution in [3.63, 3.8) is 0 Å². The van der Waals surface area contributed by atoms with Gasteiger partial charge in [0.1, 0.15) is 0 Å². The van der Waals surface area contributed by atoms with Gasteiger partial charge in [-0.1, -0.05) is 0 Å². The third-order valence-corrected chi connectivity index (χ3v) is 3.32. The summed E-state index contributed by atoms with van der Waals surface area (Å²) in [5, 5.41) is 8.98. The summed E-state index contributed by atoms with van der Waals surface area (Å²) in [4.78, 5) is 10.9. The van der Waals surface area contributed by atoms with E-state index < -0.39 is 12.1 Å². The van der Waals surface area contributed by atoms with Gasteiger partial charge in [0.25, 0.3) is 0 Å². The molecule has 0 aromatic carbocycles. The topological polar surface area (TPSA) is 55.8 Å². The molecule has 1 N–H and O–H groups in total. The molecule has 0 aromatic heterocycles. The lowest BCUT2D eigenvalue weighted by Gasteiger charge is -2.29. The monoisotopic (exact) mass is 230 g/mol. The van der Waals surface area contributed by atoms with Gasteiger partial charge in [-0.15, -0.1) is 0 Å². The van der Waals surface area contributed by atoms with Crippen LogP contribution in [0, 0.1) is 5.92 Å². The largest absolute Gasteiger partial charge is 0.479 e. The third-order valence-electron chi connectivity index (χ3n) is 3.32. The Balaban J connectivity index is 2.33. The molecule has 1 aliphatic carbocycles. The number of methoxy groups -OCH3 is 1. The van der Waals surface area contributed by atoms with Crippen molar-refractivity contribution in [1.82, 2.24) is 0 Å². The molecule has 1 atom stereocenters. The van der Waals surface area contributed by atoms with Gasteiger partial charge >= 0.3 is 5.97 Å². The maximum Gasteiger partial charge on any atom is 0.332 e. The summed E-state index contributed by atoms with van der Waals surface area (Å²) in [6, 6.07) is 0. The molecule has 16 heavy (non-hydrogen) atoms. The zero-order chi connectivity index (χ0) is 12.0. The molecule has 0 bridgehead atoms. The highest BCUT2D eigenvalue weighted by molar-refractivity contribution is 5.72. The van der Waals surface area contributed by atoms with Gasteiger partial charge in [0, 0.05) is 13.7 Å². The molecule has 4 heteroatoms. The Hall–Kier alpha value is -0.610. The normalized spacial score (nSPS) is 27.6. The fraction of sp³-hybridized carbons (Fsp3) is 0.917. The van der Waals surface area contributed by atoms with Crippen LogP contribution in [-0.2, 0) is 14.3 Å². The van der Waals surface area contributed by atoms with Crippen LogP contribution in [0.5, 0.6) is 0 Å². The van der Waals surface area contributed by atoms with Crippen LogP contribution in [0.1, 0.15) is 39.0 Å². The summed E-state index contributed by atoms with van der Waals surface area (Å²) in [6.07, 6.45) is 4.56. The highest BCUT2D eigenvalue weighted by atomic mass is 16.5. The van der Waals surface area contributed by atoms with Crippen molar-refractivity contribution >= 4 is 5.97 Å². The van der Waals surface area contributed by atoms with Crippen molar-refractivity contribution in [3.05, 3.63) is 0 Å². The average Bonchev–Trinajstić information content (AvgIpc) is 2.29. The van der Waals surface area contributed by atoms with E-state index in [-0.39, 0.29) is 0 Å². The second-order valence-corrected chi connectivity index (χ2v) is 4.40. The van der Waals surface area contributed by atoms with E-state index >= 15 is 0 Å². The predicted octanol–water partition coefficient (Wildman–Crippen LogP) is 2.07. The van der Waals surface area contributed by atoms with Gasteiger partial charge in [-0.05, 0) is 44.9 Å². The van der Waals surface area contributed by atoms with Crippen LogP contribution in [0.2, 0.25) is 0 Å². The van der Waals surface area contributed by atoms with Crippen molar-refractivity contribution in [3.8, 4) is 0 Å². The third kappa shape index (κ3) is 4.10. The Labute approximate surface area is 96.9 Å². The quantitative estimate of drug-likeness (QED) is 0.759. The van der Waals surface area contributed by atoms with E-state index in [2.05, 4.69) is 0 Å². The molecule has 4 nitrogen and oxygen atoms in total. The average molecular weight is 230 g/mol. The molecule has 1 fully saturated rings. The van der Waals surface area contributed by atoms with Gasteiger partial charge in [0.2, 0.25) is 0 Å². The van der Waals surface area contributed by atoms with Crippen molar-refractivity contribution in [2.24, 2.45) is 5.92 Å². The van der Waals surface area contributed by atoms with Crippen molar-refractivity contribution in [2.75, 3.05) is 13.7 Å². The number of hydrogen-bond acceptors (Lipinski definition) is 3. The van der Waals surface area contributed by atoms with Crippen LogP contribution < -0.4 is 0 Å². The molecule has 0 aromatic rings. The molecule has 1 unspecified atom stereocenters. The Kier molecular flexibility index (Phi) is 5.77. The van der Waals surface area contributed by atoms with Crippen LogP contribution in [0.15, 0.2) is 0 Å². The minimum atomic E-state index is -0.837. The number of ether oxygens (including phenoxy) is 2. The smallest absolute Gasteiger partial charge is 0.332 e. The summed E-state index contributed by atoms with van der Waals surface area (Å²) in [7, 11) is 1.74. The molecule has 0 heterocycles. The highest BCUT2D eigenvalue weighted by Gasteiger charge is 2.26. The van der Waals surface area contributed by atoms with Crippen molar-refractivity contribution in [2.45, 2.75) is 51.2 Å². The lowest BCUT2D eigenvalue weighted by molar-refractivity contribution is -0.151. The van der Waals surface area contributed by atoms with Gasteiger partial charge in [0.15, 0.2) is 6.10 Å². The van der Waals surface area contributed by atoms with Gasteiger partial charge < -0.3 is 14.6 Å². The predicted molar refractivity (Wildman–Crippen MR) is 60.4 cm³/mol. The van der Waals surface area contributed by atoms with Gasteiger partial charge in [-0.3, -0.25) is 0 Å². The molecule has 0 aliphatic heterocycles. The maximum atomic E-state index is 10.9. The fourth-order valence-corrected chi connectivity index (χ4v) is 2.35. The minimum absolute atomic E-state index is 0.367. The van der Waals surface area contributed by atoms with Gasteiger partial charge in [-0.25, -0.2) is 4.79 Å². The standard InChI is InChI=1S/C12H22O4/c1-3-16-11(12(13)14)8-9-4-6-10(15-2)7-5-9/h9-11H,3-8H2,1-2H3,(H,13,14). The summed E-state index contributed by atoms with van der Waals surface area (Å²) >= 11 is 0. The SMILES string of the molecule is CCOC(CC1CCC(OC)CC1)C(=O)O. The maximum absolute atomic E-state index is 10.9. The number of rotatable bonds is 6. The fourth-order valence-electron chi connectivity index (χ4n) is 2.35. The molecule has 94 valence electrons. The van der Waals surface area contributed by atoms with Crippen molar-refractivity contribution < 1.29 is 19.4 Å². The van der Waals surface area contributed by atoms with Crippen LogP contribution in [-0.4, -0.2) is 37.0 Å². The Morgan fingerprint density at radius 3 is 2.44 bits per heavy atom. The number of carbonyl (C=O) groups is 1. The molecule has 0 saturated heterocycles. The van der Waals surface area contributed by atoms with Crippen LogP contribution in [0.25, 0.3) is 0 Å². The number of carboxylic acid groups (broad SMARTS) is 1. The first kappa shape index (κ1) is 13.5. The first-order valence-corrected chi connectivity index (χ1v) is 6.04. The molecule has 1 aliphatic rings. The zero-order valence-corrected chi connectivity index (χ0v) is 10.1. The van der Waals surface area contributed by atoms with E-state index in [1.165, 1.54) is 0 Å². The number of aliphatic carboxylic acids is 1. The summed E-state index contributed by atoms with van der Waals surface area (Å²) in [6.45, 7) is 2.29. The van der Waals surface area contributed by atoms with E-state index in [0.717, 1.165) is 25.7 Å². The Morgan fingerprint density at radius 1 is 1.38 bits per heavy atom. The molecule has 0 amide bonds. The highest BCUT2D eigenvalue weighted by Crippen LogP contribution is 2.29. The molecule has 1 saturated carbocycles. The summed E-state index contributed by atoms with van der Waals surface area (Å²) < 4.78 is 10.5. The Morgan fingerprint density at radius 2 is 2.00 bits per heavy atom.